The highest BCUT2D eigenvalue weighted by Gasteiger charge is 2.63. The second-order valence-electron chi connectivity index (χ2n) is 11.0. The van der Waals surface area contributed by atoms with E-state index in [0.717, 1.165) is 19.3 Å². The van der Waals surface area contributed by atoms with Crippen LogP contribution in [-0.2, 0) is 14.3 Å². The molecule has 1 saturated heterocycles. The van der Waals surface area contributed by atoms with Gasteiger partial charge in [0.2, 0.25) is 5.91 Å². The van der Waals surface area contributed by atoms with Gasteiger partial charge in [0.1, 0.15) is 12.1 Å². The maximum absolute atomic E-state index is 13.2. The molecule has 1 aliphatic heterocycles. The number of hydrogen-bond acceptors (Lipinski definition) is 6. The standard InChI is InChI=1S/C26H35NO6/c1-15(12-20(29)16-7-8-19(28)21(30)13-16)23(31)27-11-5-6-18(27)24(32)33-22-14-17-9-10-26(22,4)25(17,2)3/h7-8,13,15,17-18,22,28,30H,5-6,9-12,14H2,1-4H3. The summed E-state index contributed by atoms with van der Waals surface area (Å²) in [7, 11) is 0. The third-order valence-corrected chi connectivity index (χ3v) is 8.99. The molecule has 2 N–H and O–H groups in total. The molecule has 2 aliphatic carbocycles. The Kier molecular flexibility index (Phi) is 5.95. The monoisotopic (exact) mass is 457 g/mol. The normalized spacial score (nSPS) is 30.9. The van der Waals surface area contributed by atoms with E-state index in [1.54, 1.807) is 11.8 Å². The van der Waals surface area contributed by atoms with Crippen LogP contribution < -0.4 is 0 Å². The smallest absolute Gasteiger partial charge is 0.329 e. The van der Waals surface area contributed by atoms with Gasteiger partial charge in [-0.05, 0) is 61.6 Å². The summed E-state index contributed by atoms with van der Waals surface area (Å²) in [5, 5.41) is 19.1. The summed E-state index contributed by atoms with van der Waals surface area (Å²) in [5.41, 5.74) is 0.339. The molecular weight excluding hydrogens is 422 g/mol. The number of fused-ring (bicyclic) bond motifs is 2. The number of carbonyl (C=O) groups is 3. The average molecular weight is 458 g/mol. The molecule has 7 heteroatoms. The lowest BCUT2D eigenvalue weighted by Crippen LogP contribution is -2.46. The molecule has 2 saturated carbocycles. The summed E-state index contributed by atoms with van der Waals surface area (Å²) < 4.78 is 6.05. The van der Waals surface area contributed by atoms with E-state index in [9.17, 15) is 24.6 Å². The van der Waals surface area contributed by atoms with Crippen LogP contribution in [0.15, 0.2) is 18.2 Å². The molecule has 180 valence electrons. The Morgan fingerprint density at radius 2 is 1.88 bits per heavy atom. The number of amides is 1. The highest BCUT2D eigenvalue weighted by molar-refractivity contribution is 5.99. The highest BCUT2D eigenvalue weighted by atomic mass is 16.5. The van der Waals surface area contributed by atoms with E-state index in [1.807, 2.05) is 0 Å². The maximum atomic E-state index is 13.2. The predicted octanol–water partition coefficient (Wildman–Crippen LogP) is 4.06. The van der Waals surface area contributed by atoms with E-state index in [4.69, 9.17) is 4.74 Å². The SMILES string of the molecule is CC(CC(=O)c1ccc(O)c(O)c1)C(=O)N1CCCC1C(=O)OC1CC2CCC1(C)C2(C)C. The topological polar surface area (TPSA) is 104 Å². The number of phenols is 2. The fourth-order valence-corrected chi connectivity index (χ4v) is 6.27. The third kappa shape index (κ3) is 3.89. The largest absolute Gasteiger partial charge is 0.504 e. The number of ether oxygens (including phenoxy) is 1. The van der Waals surface area contributed by atoms with Crippen molar-refractivity contribution in [2.24, 2.45) is 22.7 Å². The van der Waals surface area contributed by atoms with E-state index in [-0.39, 0.29) is 58.1 Å². The van der Waals surface area contributed by atoms with Crippen molar-refractivity contribution in [3.8, 4) is 11.5 Å². The number of rotatable bonds is 6. The number of likely N-dealkylation sites (tertiary alicyclic amines) is 1. The Bertz CT molecular complexity index is 972. The Hall–Kier alpha value is -2.57. The number of hydrogen-bond donors (Lipinski definition) is 2. The van der Waals surface area contributed by atoms with Crippen LogP contribution in [0.2, 0.25) is 0 Å². The molecule has 33 heavy (non-hydrogen) atoms. The van der Waals surface area contributed by atoms with E-state index in [2.05, 4.69) is 20.8 Å². The molecule has 1 heterocycles. The first kappa shape index (κ1) is 23.6. The quantitative estimate of drug-likeness (QED) is 0.379. The molecule has 5 unspecified atom stereocenters. The molecule has 0 radical (unpaired) electrons. The number of Topliss-reactive ketones (excluding diaryl/α,β-unsaturated/α-hetero) is 1. The number of carbonyl (C=O) groups excluding carboxylic acids is 3. The Morgan fingerprint density at radius 1 is 1.15 bits per heavy atom. The predicted molar refractivity (Wildman–Crippen MR) is 122 cm³/mol. The van der Waals surface area contributed by atoms with Crippen LogP contribution in [0.5, 0.6) is 11.5 Å². The Morgan fingerprint density at radius 3 is 2.48 bits per heavy atom. The second kappa shape index (κ2) is 8.33. The molecule has 0 aromatic heterocycles. The van der Waals surface area contributed by atoms with Gasteiger partial charge in [-0.3, -0.25) is 9.59 Å². The maximum Gasteiger partial charge on any atom is 0.329 e. The van der Waals surface area contributed by atoms with Crippen molar-refractivity contribution >= 4 is 17.7 Å². The van der Waals surface area contributed by atoms with Crippen molar-refractivity contribution in [3.63, 3.8) is 0 Å². The average Bonchev–Trinajstić information content (AvgIpc) is 3.38. The minimum Gasteiger partial charge on any atom is -0.504 e. The van der Waals surface area contributed by atoms with Crippen LogP contribution in [0.3, 0.4) is 0 Å². The van der Waals surface area contributed by atoms with Gasteiger partial charge in [-0.1, -0.05) is 27.7 Å². The molecule has 4 rings (SSSR count). The molecule has 0 spiro atoms. The van der Waals surface area contributed by atoms with E-state index in [0.29, 0.717) is 18.9 Å². The number of esters is 1. The van der Waals surface area contributed by atoms with Crippen LogP contribution in [0.25, 0.3) is 0 Å². The fraction of sp³-hybridized carbons (Fsp3) is 0.654. The molecule has 5 atom stereocenters. The first-order valence-corrected chi connectivity index (χ1v) is 12.0. The number of ketones is 1. The van der Waals surface area contributed by atoms with Gasteiger partial charge in [-0.25, -0.2) is 4.79 Å². The van der Waals surface area contributed by atoms with Crippen LogP contribution in [0.1, 0.15) is 76.6 Å². The zero-order valence-electron chi connectivity index (χ0n) is 20.0. The molecule has 3 aliphatic rings. The minimum absolute atomic E-state index is 0.0316. The molecule has 2 bridgehead atoms. The van der Waals surface area contributed by atoms with E-state index < -0.39 is 12.0 Å². The molecule has 1 aromatic rings. The molecule has 3 fully saturated rings. The lowest BCUT2D eigenvalue weighted by atomic mass is 9.70. The number of benzene rings is 1. The fourth-order valence-electron chi connectivity index (χ4n) is 6.27. The van der Waals surface area contributed by atoms with E-state index >= 15 is 0 Å². The van der Waals surface area contributed by atoms with Gasteiger partial charge >= 0.3 is 5.97 Å². The summed E-state index contributed by atoms with van der Waals surface area (Å²) >= 11 is 0. The van der Waals surface area contributed by atoms with E-state index in [1.165, 1.54) is 24.6 Å². The van der Waals surface area contributed by atoms with Crippen LogP contribution in [-0.4, -0.2) is 51.5 Å². The highest BCUT2D eigenvalue weighted by Crippen LogP contribution is 2.66. The van der Waals surface area contributed by atoms with Gasteiger partial charge < -0.3 is 19.8 Å². The van der Waals surface area contributed by atoms with Gasteiger partial charge in [-0.15, -0.1) is 0 Å². The summed E-state index contributed by atoms with van der Waals surface area (Å²) in [6.45, 7) is 8.94. The van der Waals surface area contributed by atoms with Gasteiger partial charge in [0.25, 0.3) is 0 Å². The minimum atomic E-state index is -0.610. The van der Waals surface area contributed by atoms with Gasteiger partial charge in [-0.2, -0.15) is 0 Å². The summed E-state index contributed by atoms with van der Waals surface area (Å²) in [6, 6.07) is 3.27. The number of nitrogens with zero attached hydrogens (tertiary/aromatic N) is 1. The zero-order chi connectivity index (χ0) is 24.1. The summed E-state index contributed by atoms with van der Waals surface area (Å²) in [6.07, 6.45) is 4.27. The van der Waals surface area contributed by atoms with Gasteiger partial charge in [0, 0.05) is 29.9 Å². The van der Waals surface area contributed by atoms with Crippen molar-refractivity contribution in [2.75, 3.05) is 6.54 Å². The van der Waals surface area contributed by atoms with Crippen molar-refractivity contribution in [1.82, 2.24) is 4.90 Å². The number of aromatic hydroxyl groups is 2. The second-order valence-corrected chi connectivity index (χ2v) is 11.0. The van der Waals surface area contributed by atoms with Crippen LogP contribution in [0, 0.1) is 22.7 Å². The zero-order valence-corrected chi connectivity index (χ0v) is 20.0. The van der Waals surface area contributed by atoms with Crippen molar-refractivity contribution in [1.29, 1.82) is 0 Å². The van der Waals surface area contributed by atoms with Crippen LogP contribution in [0.4, 0.5) is 0 Å². The first-order valence-electron chi connectivity index (χ1n) is 12.0. The summed E-state index contributed by atoms with van der Waals surface area (Å²) in [4.78, 5) is 40.5. The molecule has 1 aromatic carbocycles. The summed E-state index contributed by atoms with van der Waals surface area (Å²) in [5.74, 6) is -1.58. The molecule has 7 nitrogen and oxygen atoms in total. The lowest BCUT2D eigenvalue weighted by molar-refractivity contribution is -0.165. The van der Waals surface area contributed by atoms with Crippen LogP contribution >= 0.6 is 0 Å². The lowest BCUT2D eigenvalue weighted by Gasteiger charge is -2.39. The molecule has 1 amide bonds. The Labute approximate surface area is 195 Å². The van der Waals surface area contributed by atoms with Gasteiger partial charge in [0.05, 0.1) is 0 Å². The van der Waals surface area contributed by atoms with Crippen molar-refractivity contribution in [3.05, 3.63) is 23.8 Å². The Balaban J connectivity index is 1.39. The van der Waals surface area contributed by atoms with Gasteiger partial charge in [0.15, 0.2) is 17.3 Å². The number of phenolic OH excluding ortho intramolecular Hbond substituents is 2. The van der Waals surface area contributed by atoms with Crippen molar-refractivity contribution in [2.45, 2.75) is 78.4 Å². The molecular formula is C26H35NO6. The van der Waals surface area contributed by atoms with Crippen molar-refractivity contribution < 1.29 is 29.3 Å². The third-order valence-electron chi connectivity index (χ3n) is 8.99. The first-order chi connectivity index (χ1) is 15.5.